The van der Waals surface area contributed by atoms with Crippen molar-refractivity contribution in [2.45, 2.75) is 20.5 Å². The number of ether oxygens (including phenoxy) is 2. The number of hydrogen-bond donors (Lipinski definition) is 0. The Morgan fingerprint density at radius 3 is 2.67 bits per heavy atom. The average molecular weight is 291 g/mol. The number of Topliss-reactive ketones (excluding diaryl/α,β-unsaturated/α-hetero) is 1. The lowest BCUT2D eigenvalue weighted by molar-refractivity contribution is -0.122. The van der Waals surface area contributed by atoms with Gasteiger partial charge in [-0.2, -0.15) is 0 Å². The van der Waals surface area contributed by atoms with Crippen molar-refractivity contribution in [1.29, 1.82) is 0 Å². The van der Waals surface area contributed by atoms with Gasteiger partial charge in [-0.25, -0.2) is 14.6 Å². The fourth-order valence-electron chi connectivity index (χ4n) is 1.51. The van der Waals surface area contributed by atoms with Crippen molar-refractivity contribution in [2.75, 3.05) is 19.8 Å². The highest BCUT2D eigenvalue weighted by Gasteiger charge is 2.04. The number of rotatable bonds is 8. The van der Waals surface area contributed by atoms with Crippen molar-refractivity contribution in [3.63, 3.8) is 0 Å². The van der Waals surface area contributed by atoms with E-state index in [1.165, 1.54) is 6.92 Å². The van der Waals surface area contributed by atoms with E-state index in [1.54, 1.807) is 23.3 Å². The van der Waals surface area contributed by atoms with Crippen molar-refractivity contribution in [3.05, 3.63) is 30.1 Å². The summed E-state index contributed by atoms with van der Waals surface area (Å²) in [6.45, 7) is 4.52. The van der Waals surface area contributed by atoms with Gasteiger partial charge in [0, 0.05) is 0 Å². The Morgan fingerprint density at radius 1 is 1.24 bits per heavy atom. The zero-order valence-electron chi connectivity index (χ0n) is 12.0. The molecule has 0 unspecified atom stereocenters. The van der Waals surface area contributed by atoms with Gasteiger partial charge in [-0.15, -0.1) is 5.10 Å². The molecule has 0 aromatic carbocycles. The predicted octanol–water partition coefficient (Wildman–Crippen LogP) is 0.488. The van der Waals surface area contributed by atoms with Crippen LogP contribution in [-0.2, 0) is 20.9 Å². The zero-order valence-corrected chi connectivity index (χ0v) is 12.0. The summed E-state index contributed by atoms with van der Waals surface area (Å²) in [5.74, 6) is 0.700. The monoisotopic (exact) mass is 291 g/mol. The molecule has 112 valence electrons. The maximum atomic E-state index is 10.7. The van der Waals surface area contributed by atoms with Crippen LogP contribution in [0.5, 0.6) is 0 Å². The van der Waals surface area contributed by atoms with Gasteiger partial charge in [0.1, 0.15) is 23.8 Å². The highest BCUT2D eigenvalue weighted by atomic mass is 16.5. The maximum absolute atomic E-state index is 10.7. The van der Waals surface area contributed by atoms with Gasteiger partial charge in [0.15, 0.2) is 5.78 Å². The van der Waals surface area contributed by atoms with Crippen molar-refractivity contribution in [2.24, 2.45) is 0 Å². The molecule has 21 heavy (non-hydrogen) atoms. The van der Waals surface area contributed by atoms with Gasteiger partial charge < -0.3 is 9.47 Å². The van der Waals surface area contributed by atoms with E-state index < -0.39 is 0 Å². The summed E-state index contributed by atoms with van der Waals surface area (Å²) in [4.78, 5) is 18.9. The molecule has 0 fully saturated rings. The summed E-state index contributed by atoms with van der Waals surface area (Å²) in [5.41, 5.74) is 1.44. The van der Waals surface area contributed by atoms with Gasteiger partial charge in [-0.3, -0.25) is 4.79 Å². The normalized spacial score (nSPS) is 10.8. The lowest BCUT2D eigenvalue weighted by atomic mass is 10.5. The van der Waals surface area contributed by atoms with Crippen LogP contribution in [0.15, 0.2) is 18.6 Å². The van der Waals surface area contributed by atoms with E-state index in [1.807, 2.05) is 6.92 Å². The lowest BCUT2D eigenvalue weighted by Gasteiger charge is -2.02. The SMILES string of the molecule is CC(=O)COCCOCc1cn(-c2cnc(C)nc2)nn1. The van der Waals surface area contributed by atoms with Gasteiger partial charge in [0.25, 0.3) is 0 Å². The highest BCUT2D eigenvalue weighted by molar-refractivity contribution is 5.76. The van der Waals surface area contributed by atoms with E-state index in [0.29, 0.717) is 31.3 Å². The second-order valence-corrected chi connectivity index (χ2v) is 4.45. The largest absolute Gasteiger partial charge is 0.373 e. The Labute approximate surface area is 122 Å². The summed E-state index contributed by atoms with van der Waals surface area (Å²) in [6.07, 6.45) is 5.11. The molecule has 0 saturated heterocycles. The van der Waals surface area contributed by atoms with Gasteiger partial charge in [0.2, 0.25) is 0 Å². The molecule has 0 amide bonds. The summed E-state index contributed by atoms with van der Waals surface area (Å²) >= 11 is 0. The highest BCUT2D eigenvalue weighted by Crippen LogP contribution is 2.04. The van der Waals surface area contributed by atoms with Crippen LogP contribution in [-0.4, -0.2) is 50.6 Å². The van der Waals surface area contributed by atoms with Crippen molar-refractivity contribution in [3.8, 4) is 5.69 Å². The van der Waals surface area contributed by atoms with E-state index in [2.05, 4.69) is 20.3 Å². The van der Waals surface area contributed by atoms with Crippen molar-refractivity contribution < 1.29 is 14.3 Å². The molecule has 0 aliphatic rings. The first-order valence-corrected chi connectivity index (χ1v) is 6.50. The molecule has 0 aliphatic carbocycles. The maximum Gasteiger partial charge on any atom is 0.155 e. The van der Waals surface area contributed by atoms with Crippen LogP contribution in [0.25, 0.3) is 5.69 Å². The molecule has 2 aromatic heterocycles. The van der Waals surface area contributed by atoms with E-state index in [0.717, 1.165) is 5.69 Å². The summed E-state index contributed by atoms with van der Waals surface area (Å²) in [5, 5.41) is 7.98. The van der Waals surface area contributed by atoms with Crippen LogP contribution in [0.1, 0.15) is 18.4 Å². The second-order valence-electron chi connectivity index (χ2n) is 4.45. The Hall–Kier alpha value is -2.19. The van der Waals surface area contributed by atoms with Gasteiger partial charge in [-0.05, 0) is 13.8 Å². The van der Waals surface area contributed by atoms with Crippen LogP contribution in [0.4, 0.5) is 0 Å². The molecule has 2 heterocycles. The smallest absolute Gasteiger partial charge is 0.155 e. The topological polar surface area (TPSA) is 92.0 Å². The molecular formula is C13H17N5O3. The predicted molar refractivity (Wildman–Crippen MR) is 72.8 cm³/mol. The standard InChI is InChI=1S/C13H17N5O3/c1-10(19)8-20-3-4-21-9-12-7-18(17-16-12)13-5-14-11(2)15-6-13/h5-7H,3-4,8-9H2,1-2H3. The van der Waals surface area contributed by atoms with Crippen LogP contribution >= 0.6 is 0 Å². The first-order valence-electron chi connectivity index (χ1n) is 6.50. The number of carbonyl (C=O) groups is 1. The van der Waals surface area contributed by atoms with E-state index in [9.17, 15) is 4.79 Å². The van der Waals surface area contributed by atoms with Crippen LogP contribution in [0.3, 0.4) is 0 Å². The Morgan fingerprint density at radius 2 is 1.95 bits per heavy atom. The number of aromatic nitrogens is 5. The first-order chi connectivity index (χ1) is 10.1. The Bertz CT molecular complexity index is 582. The Kier molecular flexibility index (Phi) is 5.47. The Balaban J connectivity index is 1.76. The van der Waals surface area contributed by atoms with Crippen LogP contribution in [0.2, 0.25) is 0 Å². The van der Waals surface area contributed by atoms with Crippen molar-refractivity contribution in [1.82, 2.24) is 25.0 Å². The van der Waals surface area contributed by atoms with Crippen LogP contribution < -0.4 is 0 Å². The quantitative estimate of drug-likeness (QED) is 0.653. The molecule has 2 aromatic rings. The number of ketones is 1. The molecule has 2 rings (SSSR count). The fourth-order valence-corrected chi connectivity index (χ4v) is 1.51. The fraction of sp³-hybridized carbons (Fsp3) is 0.462. The molecule has 8 nitrogen and oxygen atoms in total. The van der Waals surface area contributed by atoms with E-state index in [-0.39, 0.29) is 12.4 Å². The molecule has 0 atom stereocenters. The summed E-state index contributed by atoms with van der Waals surface area (Å²) in [6, 6.07) is 0. The lowest BCUT2D eigenvalue weighted by Crippen LogP contribution is -2.09. The number of aryl methyl sites for hydroxylation is 1. The molecule has 0 radical (unpaired) electrons. The van der Waals surface area contributed by atoms with Gasteiger partial charge in [-0.1, -0.05) is 5.21 Å². The zero-order chi connectivity index (χ0) is 15.1. The molecule has 0 aliphatic heterocycles. The first kappa shape index (κ1) is 15.2. The second kappa shape index (κ2) is 7.55. The number of carbonyl (C=O) groups excluding carboxylic acids is 1. The molecule has 0 bridgehead atoms. The number of hydrogen-bond acceptors (Lipinski definition) is 7. The molecule has 0 N–H and O–H groups in total. The third-order valence-corrected chi connectivity index (χ3v) is 2.50. The number of nitrogens with zero attached hydrogens (tertiary/aromatic N) is 5. The van der Waals surface area contributed by atoms with E-state index in [4.69, 9.17) is 9.47 Å². The average Bonchev–Trinajstić information content (AvgIpc) is 2.92. The molecular weight excluding hydrogens is 274 g/mol. The summed E-state index contributed by atoms with van der Waals surface area (Å²) < 4.78 is 12.1. The van der Waals surface area contributed by atoms with Crippen LogP contribution in [0, 0.1) is 6.92 Å². The minimum absolute atomic E-state index is 0.00161. The van der Waals surface area contributed by atoms with E-state index >= 15 is 0 Å². The summed E-state index contributed by atoms with van der Waals surface area (Å²) in [7, 11) is 0. The molecule has 8 heteroatoms. The van der Waals surface area contributed by atoms with Gasteiger partial charge >= 0.3 is 0 Å². The minimum atomic E-state index is -0.00161. The third-order valence-electron chi connectivity index (χ3n) is 2.50. The molecule has 0 spiro atoms. The van der Waals surface area contributed by atoms with Crippen molar-refractivity contribution >= 4 is 5.78 Å². The minimum Gasteiger partial charge on any atom is -0.373 e. The third kappa shape index (κ3) is 5.01. The van der Waals surface area contributed by atoms with Gasteiger partial charge in [0.05, 0.1) is 38.4 Å². The molecule has 0 saturated carbocycles.